The molecule has 2 saturated carbocycles. The smallest absolute Gasteiger partial charge is 0.150 e. The molecular weight excluding hydrogens is 371 g/mol. The second-order valence-electron chi connectivity index (χ2n) is 9.25. The average Bonchev–Trinajstić information content (AvgIpc) is 2.79. The second kappa shape index (κ2) is 7.44. The van der Waals surface area contributed by atoms with Crippen LogP contribution >= 0.6 is 7.14 Å². The summed E-state index contributed by atoms with van der Waals surface area (Å²) in [6.07, 6.45) is 12.3. The van der Waals surface area contributed by atoms with Gasteiger partial charge in [0, 0.05) is 21.7 Å². The van der Waals surface area contributed by atoms with Crippen molar-refractivity contribution in [1.29, 1.82) is 0 Å². The molecule has 3 aliphatic rings. The molecule has 29 heavy (non-hydrogen) atoms. The van der Waals surface area contributed by atoms with Gasteiger partial charge in [0.25, 0.3) is 0 Å². The van der Waals surface area contributed by atoms with Crippen molar-refractivity contribution in [2.75, 3.05) is 0 Å². The Labute approximate surface area is 175 Å². The molecule has 2 atom stereocenters. The van der Waals surface area contributed by atoms with E-state index in [2.05, 4.69) is 37.3 Å². The highest BCUT2D eigenvalue weighted by molar-refractivity contribution is 7.79. The second-order valence-corrected chi connectivity index (χ2v) is 12.2. The Morgan fingerprint density at radius 2 is 1.38 bits per heavy atom. The van der Waals surface area contributed by atoms with Gasteiger partial charge >= 0.3 is 0 Å². The van der Waals surface area contributed by atoms with Crippen LogP contribution in [0.2, 0.25) is 0 Å². The molecule has 2 heteroatoms. The predicted molar refractivity (Wildman–Crippen MR) is 124 cm³/mol. The molecular formula is C27H31OP. The number of rotatable bonds is 3. The summed E-state index contributed by atoms with van der Waals surface area (Å²) in [5, 5.41) is 2.02. The van der Waals surface area contributed by atoms with Crippen LogP contribution in [-0.2, 0) is 4.57 Å². The van der Waals surface area contributed by atoms with Crippen LogP contribution in [0.1, 0.15) is 58.3 Å². The highest BCUT2D eigenvalue weighted by Crippen LogP contribution is 2.64. The van der Waals surface area contributed by atoms with Gasteiger partial charge in [0.2, 0.25) is 0 Å². The van der Waals surface area contributed by atoms with E-state index in [0.29, 0.717) is 0 Å². The van der Waals surface area contributed by atoms with Crippen molar-refractivity contribution in [2.24, 2.45) is 5.41 Å². The van der Waals surface area contributed by atoms with Gasteiger partial charge in [-0.3, -0.25) is 0 Å². The first-order valence-corrected chi connectivity index (χ1v) is 13.1. The number of hydrogen-bond donors (Lipinski definition) is 0. The third-order valence-electron chi connectivity index (χ3n) is 7.62. The maximum atomic E-state index is 15.2. The predicted octanol–water partition coefficient (Wildman–Crippen LogP) is 6.76. The standard InChI is InChI=1S/C27H31OP/c1-27-19-11-10-18-25(27)24-17-9-8-12-21(24)20-26(27)29(28,22-13-4-2-5-14-22)23-15-6-3-7-16-23/h2-7,13-16,20,26H,8-12,17-19H2,1H3/t26-,27-/m0/s1. The van der Waals surface area contributed by atoms with Gasteiger partial charge in [0.1, 0.15) is 0 Å². The van der Waals surface area contributed by atoms with Gasteiger partial charge in [-0.05, 0) is 56.1 Å². The monoisotopic (exact) mass is 402 g/mol. The minimum atomic E-state index is -2.83. The van der Waals surface area contributed by atoms with Crippen molar-refractivity contribution in [2.45, 2.75) is 63.9 Å². The molecule has 0 bridgehead atoms. The fourth-order valence-corrected chi connectivity index (χ4v) is 9.81. The first-order chi connectivity index (χ1) is 14.1. The van der Waals surface area contributed by atoms with E-state index in [1.54, 1.807) is 11.1 Å². The Morgan fingerprint density at radius 3 is 2.03 bits per heavy atom. The lowest BCUT2D eigenvalue weighted by molar-refractivity contribution is 0.297. The van der Waals surface area contributed by atoms with Crippen LogP contribution in [0, 0.1) is 5.41 Å². The number of allylic oxidation sites excluding steroid dienone is 4. The molecule has 2 aromatic rings. The van der Waals surface area contributed by atoms with E-state index in [1.807, 2.05) is 36.4 Å². The fourth-order valence-electron chi connectivity index (χ4n) is 6.16. The Morgan fingerprint density at radius 1 is 0.793 bits per heavy atom. The molecule has 0 radical (unpaired) electrons. The molecule has 0 amide bonds. The molecule has 1 nitrogen and oxygen atoms in total. The molecule has 3 aliphatic carbocycles. The van der Waals surface area contributed by atoms with Crippen LogP contribution in [0.5, 0.6) is 0 Å². The van der Waals surface area contributed by atoms with Crippen molar-refractivity contribution in [1.82, 2.24) is 0 Å². The largest absolute Gasteiger partial charge is 0.313 e. The zero-order chi connectivity index (χ0) is 19.9. The number of benzene rings is 2. The lowest BCUT2D eigenvalue weighted by Gasteiger charge is -2.50. The van der Waals surface area contributed by atoms with Crippen molar-refractivity contribution in [3.63, 3.8) is 0 Å². The summed E-state index contributed by atoms with van der Waals surface area (Å²) in [5.74, 6) is 0. The van der Waals surface area contributed by atoms with Crippen molar-refractivity contribution in [3.05, 3.63) is 83.5 Å². The van der Waals surface area contributed by atoms with Crippen molar-refractivity contribution >= 4 is 17.8 Å². The summed E-state index contributed by atoms with van der Waals surface area (Å²) in [4.78, 5) is 0. The highest BCUT2D eigenvalue weighted by atomic mass is 31.2. The first-order valence-electron chi connectivity index (χ1n) is 11.3. The van der Waals surface area contributed by atoms with E-state index >= 15 is 4.57 Å². The van der Waals surface area contributed by atoms with Gasteiger partial charge in [-0.1, -0.05) is 85.7 Å². The van der Waals surface area contributed by atoms with Gasteiger partial charge in [-0.25, -0.2) is 0 Å². The van der Waals surface area contributed by atoms with E-state index < -0.39 is 7.14 Å². The molecule has 2 aromatic carbocycles. The SMILES string of the molecule is C[C@]12CCCCC1=C1CCCCC1=C[C@@H]2P(=O)(c1ccccc1)c1ccccc1. The molecule has 0 aromatic heterocycles. The van der Waals surface area contributed by atoms with Gasteiger partial charge in [0.15, 0.2) is 7.14 Å². The van der Waals surface area contributed by atoms with Crippen LogP contribution < -0.4 is 10.6 Å². The number of hydrogen-bond acceptors (Lipinski definition) is 1. The maximum Gasteiger partial charge on any atom is 0.150 e. The molecule has 2 fully saturated rings. The van der Waals surface area contributed by atoms with Crippen LogP contribution in [0.4, 0.5) is 0 Å². The third-order valence-corrected chi connectivity index (χ3v) is 11.3. The molecule has 0 heterocycles. The maximum absolute atomic E-state index is 15.2. The summed E-state index contributed by atoms with van der Waals surface area (Å²) >= 11 is 0. The van der Waals surface area contributed by atoms with Gasteiger partial charge < -0.3 is 4.57 Å². The van der Waals surface area contributed by atoms with Gasteiger partial charge in [-0.15, -0.1) is 0 Å². The molecule has 0 aliphatic heterocycles. The molecule has 0 N–H and O–H groups in total. The van der Waals surface area contributed by atoms with Crippen molar-refractivity contribution in [3.8, 4) is 0 Å². The average molecular weight is 403 g/mol. The molecule has 0 saturated heterocycles. The quantitative estimate of drug-likeness (QED) is 0.518. The van der Waals surface area contributed by atoms with Crippen LogP contribution in [0.3, 0.4) is 0 Å². The number of fused-ring (bicyclic) bond motifs is 2. The zero-order valence-corrected chi connectivity index (χ0v) is 18.3. The molecule has 5 rings (SSSR count). The van der Waals surface area contributed by atoms with E-state index in [1.165, 1.54) is 44.1 Å². The highest BCUT2D eigenvalue weighted by Gasteiger charge is 2.51. The van der Waals surface area contributed by atoms with E-state index in [4.69, 9.17) is 0 Å². The van der Waals surface area contributed by atoms with E-state index in [0.717, 1.165) is 23.5 Å². The van der Waals surface area contributed by atoms with Crippen molar-refractivity contribution < 1.29 is 4.57 Å². The van der Waals surface area contributed by atoms with Crippen LogP contribution in [0.25, 0.3) is 0 Å². The molecule has 0 unspecified atom stereocenters. The Hall–Kier alpha value is -1.85. The Bertz CT molecular complexity index is 958. The minimum absolute atomic E-state index is 0.00956. The zero-order valence-electron chi connectivity index (χ0n) is 17.4. The van der Waals surface area contributed by atoms with E-state index in [9.17, 15) is 0 Å². The Kier molecular flexibility index (Phi) is 4.91. The summed E-state index contributed by atoms with van der Waals surface area (Å²) in [6.45, 7) is 2.43. The summed E-state index contributed by atoms with van der Waals surface area (Å²) < 4.78 is 15.2. The Balaban J connectivity index is 1.75. The summed E-state index contributed by atoms with van der Waals surface area (Å²) in [6, 6.07) is 20.6. The topological polar surface area (TPSA) is 17.1 Å². The first kappa shape index (κ1) is 19.1. The minimum Gasteiger partial charge on any atom is -0.313 e. The fraction of sp³-hybridized carbons (Fsp3) is 0.407. The normalized spacial score (nSPS) is 27.1. The lowest BCUT2D eigenvalue weighted by Crippen LogP contribution is -2.43. The van der Waals surface area contributed by atoms with Crippen LogP contribution in [0.15, 0.2) is 83.5 Å². The van der Waals surface area contributed by atoms with E-state index in [-0.39, 0.29) is 11.1 Å². The molecule has 0 spiro atoms. The lowest BCUT2D eigenvalue weighted by atomic mass is 9.62. The summed E-state index contributed by atoms with van der Waals surface area (Å²) in [7, 11) is -2.83. The van der Waals surface area contributed by atoms with Crippen LogP contribution in [-0.4, -0.2) is 5.66 Å². The third kappa shape index (κ3) is 3.01. The van der Waals surface area contributed by atoms with Gasteiger partial charge in [-0.2, -0.15) is 0 Å². The van der Waals surface area contributed by atoms with Gasteiger partial charge in [0.05, 0.1) is 0 Å². The molecule has 150 valence electrons. The summed E-state index contributed by atoms with van der Waals surface area (Å²) in [5.41, 5.74) is 4.88.